The Labute approximate surface area is 189 Å². The van der Waals surface area contributed by atoms with Crippen LogP contribution < -0.4 is 9.47 Å². The zero-order valence-corrected chi connectivity index (χ0v) is 18.4. The Morgan fingerprint density at radius 2 is 1.16 bits per heavy atom. The van der Waals surface area contributed by atoms with Crippen LogP contribution in [0.5, 0.6) is 11.5 Å². The first kappa shape index (κ1) is 26.1. The molecule has 0 aromatic heterocycles. The molecule has 0 unspecified atom stereocenters. The first-order valence-electron chi connectivity index (χ1n) is 10.8. The summed E-state index contributed by atoms with van der Waals surface area (Å²) in [5, 5.41) is 26.5. The maximum Gasteiger partial charge on any atom is 0.123 e. The van der Waals surface area contributed by atoms with E-state index in [1.807, 2.05) is 42.5 Å². The third kappa shape index (κ3) is 9.52. The second kappa shape index (κ2) is 16.4. The molecule has 0 aliphatic carbocycles. The first-order valence-corrected chi connectivity index (χ1v) is 10.8. The lowest BCUT2D eigenvalue weighted by Gasteiger charge is -2.17. The molecule has 2 rings (SSSR count). The molecule has 0 aliphatic heterocycles. The van der Waals surface area contributed by atoms with Crippen LogP contribution in [0.15, 0.2) is 42.5 Å². The number of ether oxygens (including phenoxy) is 5. The fourth-order valence-corrected chi connectivity index (χ4v) is 3.06. The van der Waals surface area contributed by atoms with Gasteiger partial charge < -0.3 is 39.0 Å². The molecular weight excluding hydrogens is 416 g/mol. The number of benzene rings is 2. The van der Waals surface area contributed by atoms with Crippen molar-refractivity contribution in [2.24, 2.45) is 0 Å². The summed E-state index contributed by atoms with van der Waals surface area (Å²) in [5.74, 6) is 1.49. The smallest absolute Gasteiger partial charge is 0.123 e. The number of rotatable bonds is 18. The summed E-state index contributed by atoms with van der Waals surface area (Å²) in [6.07, 6.45) is 0.628. The van der Waals surface area contributed by atoms with E-state index in [1.54, 1.807) is 0 Å². The van der Waals surface area contributed by atoms with E-state index in [0.717, 1.165) is 28.2 Å². The van der Waals surface area contributed by atoms with E-state index in [1.165, 1.54) is 0 Å². The van der Waals surface area contributed by atoms with Crippen LogP contribution in [-0.2, 0) is 20.6 Å². The molecule has 2 aromatic carbocycles. The van der Waals surface area contributed by atoms with Gasteiger partial charge in [-0.3, -0.25) is 0 Å². The SMILES string of the molecule is OCCOCCOc1ccc(-c2cccc(OCCOCCO)c2CCOCCO)cc1. The minimum Gasteiger partial charge on any atom is -0.491 e. The number of aliphatic hydroxyl groups excluding tert-OH is 3. The average Bonchev–Trinajstić information content (AvgIpc) is 2.82. The van der Waals surface area contributed by atoms with Gasteiger partial charge in [0.15, 0.2) is 0 Å². The van der Waals surface area contributed by atoms with E-state index < -0.39 is 0 Å². The van der Waals surface area contributed by atoms with Crippen LogP contribution in [0.3, 0.4) is 0 Å². The van der Waals surface area contributed by atoms with Crippen molar-refractivity contribution in [3.05, 3.63) is 48.0 Å². The van der Waals surface area contributed by atoms with Crippen molar-refractivity contribution in [3.63, 3.8) is 0 Å². The summed E-state index contributed by atoms with van der Waals surface area (Å²) in [6, 6.07) is 13.7. The van der Waals surface area contributed by atoms with Gasteiger partial charge >= 0.3 is 0 Å². The molecule has 8 nitrogen and oxygen atoms in total. The maximum atomic E-state index is 8.96. The number of aliphatic hydroxyl groups is 3. The van der Waals surface area contributed by atoms with Gasteiger partial charge in [0.05, 0.1) is 59.5 Å². The lowest BCUT2D eigenvalue weighted by Crippen LogP contribution is -2.11. The summed E-state index contributed by atoms with van der Waals surface area (Å²) < 4.78 is 27.6. The van der Waals surface area contributed by atoms with E-state index >= 15 is 0 Å². The molecule has 0 saturated heterocycles. The second-order valence-corrected chi connectivity index (χ2v) is 6.76. The highest BCUT2D eigenvalue weighted by molar-refractivity contribution is 5.70. The Balaban J connectivity index is 2.07. The Kier molecular flexibility index (Phi) is 13.4. The zero-order chi connectivity index (χ0) is 22.9. The van der Waals surface area contributed by atoms with Gasteiger partial charge in [-0.1, -0.05) is 24.3 Å². The van der Waals surface area contributed by atoms with Gasteiger partial charge in [-0.25, -0.2) is 0 Å². The van der Waals surface area contributed by atoms with Gasteiger partial charge in [0.1, 0.15) is 24.7 Å². The van der Waals surface area contributed by atoms with Crippen LogP contribution in [0.25, 0.3) is 11.1 Å². The molecule has 0 bridgehead atoms. The molecule has 0 fully saturated rings. The first-order chi connectivity index (χ1) is 15.8. The molecule has 32 heavy (non-hydrogen) atoms. The van der Waals surface area contributed by atoms with Gasteiger partial charge in [-0.05, 0) is 29.3 Å². The van der Waals surface area contributed by atoms with E-state index in [2.05, 4.69) is 0 Å². The van der Waals surface area contributed by atoms with Crippen molar-refractivity contribution >= 4 is 0 Å². The van der Waals surface area contributed by atoms with Crippen LogP contribution in [-0.4, -0.2) is 88.0 Å². The molecule has 0 amide bonds. The quantitative estimate of drug-likeness (QED) is 0.295. The van der Waals surface area contributed by atoms with Crippen molar-refractivity contribution in [3.8, 4) is 22.6 Å². The lowest BCUT2D eigenvalue weighted by molar-refractivity contribution is 0.0699. The van der Waals surface area contributed by atoms with Crippen molar-refractivity contribution in [1.29, 1.82) is 0 Å². The molecule has 0 aliphatic rings. The molecular formula is C24H34O8. The van der Waals surface area contributed by atoms with E-state index in [-0.39, 0.29) is 26.4 Å². The Hall–Kier alpha value is -2.20. The van der Waals surface area contributed by atoms with Gasteiger partial charge in [0.2, 0.25) is 0 Å². The third-order valence-electron chi connectivity index (χ3n) is 4.48. The van der Waals surface area contributed by atoms with E-state index in [4.69, 9.17) is 39.0 Å². The number of hydrogen-bond acceptors (Lipinski definition) is 8. The summed E-state index contributed by atoms with van der Waals surface area (Å²) in [5.41, 5.74) is 3.07. The predicted octanol–water partition coefficient (Wildman–Crippen LogP) is 1.68. The summed E-state index contributed by atoms with van der Waals surface area (Å²) in [6.45, 7) is 2.91. The van der Waals surface area contributed by atoms with E-state index in [9.17, 15) is 0 Å². The predicted molar refractivity (Wildman–Crippen MR) is 120 cm³/mol. The molecule has 8 heteroatoms. The van der Waals surface area contributed by atoms with Crippen LogP contribution in [0.1, 0.15) is 5.56 Å². The largest absolute Gasteiger partial charge is 0.491 e. The van der Waals surface area contributed by atoms with Crippen molar-refractivity contribution in [1.82, 2.24) is 0 Å². The molecule has 2 aromatic rings. The van der Waals surface area contributed by atoms with Crippen LogP contribution >= 0.6 is 0 Å². The standard InChI is InChI=1S/C24H34O8/c25-9-13-28-12-8-23-22(2-1-3-24(23)32-19-17-30-15-11-27)20-4-6-21(7-5-20)31-18-16-29-14-10-26/h1-7,25-27H,8-19H2. The van der Waals surface area contributed by atoms with Gasteiger partial charge in [0, 0.05) is 12.0 Å². The average molecular weight is 451 g/mol. The van der Waals surface area contributed by atoms with Gasteiger partial charge in [0.25, 0.3) is 0 Å². The second-order valence-electron chi connectivity index (χ2n) is 6.76. The molecule has 3 N–H and O–H groups in total. The highest BCUT2D eigenvalue weighted by Crippen LogP contribution is 2.32. The maximum absolute atomic E-state index is 8.96. The molecule has 0 saturated carbocycles. The molecule has 0 radical (unpaired) electrons. The fourth-order valence-electron chi connectivity index (χ4n) is 3.06. The zero-order valence-electron chi connectivity index (χ0n) is 18.4. The topological polar surface area (TPSA) is 107 Å². The van der Waals surface area contributed by atoms with Crippen LogP contribution in [0.4, 0.5) is 0 Å². The summed E-state index contributed by atoms with van der Waals surface area (Å²) in [7, 11) is 0. The monoisotopic (exact) mass is 450 g/mol. The summed E-state index contributed by atoms with van der Waals surface area (Å²) >= 11 is 0. The Morgan fingerprint density at radius 1 is 0.562 bits per heavy atom. The van der Waals surface area contributed by atoms with Gasteiger partial charge in [-0.2, -0.15) is 0 Å². The lowest BCUT2D eigenvalue weighted by atomic mass is 9.97. The van der Waals surface area contributed by atoms with Crippen molar-refractivity contribution in [2.75, 3.05) is 72.7 Å². The Bertz CT molecular complexity index is 735. The molecule has 0 heterocycles. The minimum atomic E-state index is -0.0156. The van der Waals surface area contributed by atoms with Gasteiger partial charge in [-0.15, -0.1) is 0 Å². The third-order valence-corrected chi connectivity index (χ3v) is 4.48. The summed E-state index contributed by atoms with van der Waals surface area (Å²) in [4.78, 5) is 0. The Morgan fingerprint density at radius 3 is 1.78 bits per heavy atom. The van der Waals surface area contributed by atoms with E-state index in [0.29, 0.717) is 52.7 Å². The van der Waals surface area contributed by atoms with Crippen molar-refractivity contribution < 1.29 is 39.0 Å². The highest BCUT2D eigenvalue weighted by Gasteiger charge is 2.12. The fraction of sp³-hybridized carbons (Fsp3) is 0.500. The number of hydrogen-bond donors (Lipinski definition) is 3. The van der Waals surface area contributed by atoms with Crippen LogP contribution in [0.2, 0.25) is 0 Å². The molecule has 0 atom stereocenters. The van der Waals surface area contributed by atoms with Crippen LogP contribution in [0, 0.1) is 0 Å². The van der Waals surface area contributed by atoms with Crippen molar-refractivity contribution in [2.45, 2.75) is 6.42 Å². The minimum absolute atomic E-state index is 0.000528. The normalized spacial score (nSPS) is 11.0. The highest BCUT2D eigenvalue weighted by atomic mass is 16.5. The molecule has 178 valence electrons. The molecule has 0 spiro atoms.